The Hall–Kier alpha value is -2.17. The molecule has 0 radical (unpaired) electrons. The molecule has 2 rings (SSSR count). The zero-order chi connectivity index (χ0) is 14.0. The van der Waals surface area contributed by atoms with E-state index in [0.717, 1.165) is 0 Å². The molecule has 1 N–H and O–H groups in total. The van der Waals surface area contributed by atoms with Crippen LogP contribution < -0.4 is 5.32 Å². The van der Waals surface area contributed by atoms with Crippen LogP contribution in [0.25, 0.3) is 0 Å². The highest BCUT2D eigenvalue weighted by atomic mass is 19.1. The van der Waals surface area contributed by atoms with Gasteiger partial charge >= 0.3 is 0 Å². The van der Waals surface area contributed by atoms with Crippen LogP contribution in [0.15, 0.2) is 30.5 Å². The van der Waals surface area contributed by atoms with Crippen LogP contribution in [0, 0.1) is 12.7 Å². The summed E-state index contributed by atoms with van der Waals surface area (Å²) < 4.78 is 14.7. The van der Waals surface area contributed by atoms with Gasteiger partial charge in [0.1, 0.15) is 11.6 Å². The van der Waals surface area contributed by atoms with Crippen molar-refractivity contribution in [1.82, 2.24) is 9.78 Å². The number of nitrogens with zero attached hydrogens (tertiary/aromatic N) is 2. The van der Waals surface area contributed by atoms with Crippen LogP contribution >= 0.6 is 0 Å². The summed E-state index contributed by atoms with van der Waals surface area (Å²) in [4.78, 5) is 12.1. The van der Waals surface area contributed by atoms with E-state index in [-0.39, 0.29) is 17.8 Å². The Labute approximate surface area is 111 Å². The number of hydrogen-bond acceptors (Lipinski definition) is 2. The van der Waals surface area contributed by atoms with E-state index < -0.39 is 0 Å². The molecule has 5 heteroatoms. The van der Waals surface area contributed by atoms with Gasteiger partial charge in [-0.15, -0.1) is 0 Å². The lowest BCUT2D eigenvalue weighted by atomic mass is 10.1. The van der Waals surface area contributed by atoms with Gasteiger partial charge in [0.25, 0.3) is 5.91 Å². The molecule has 19 heavy (non-hydrogen) atoms. The van der Waals surface area contributed by atoms with Gasteiger partial charge in [-0.3, -0.25) is 4.79 Å². The van der Waals surface area contributed by atoms with Crippen molar-refractivity contribution in [1.29, 1.82) is 0 Å². The molecule has 1 aromatic heterocycles. The summed E-state index contributed by atoms with van der Waals surface area (Å²) in [6.07, 6.45) is 1.63. The van der Waals surface area contributed by atoms with Crippen LogP contribution in [0.5, 0.6) is 0 Å². The average Bonchev–Trinajstić information content (AvgIpc) is 2.76. The van der Waals surface area contributed by atoms with E-state index in [9.17, 15) is 9.18 Å². The van der Waals surface area contributed by atoms with Gasteiger partial charge in [-0.25, -0.2) is 9.07 Å². The number of benzene rings is 1. The molecule has 0 saturated carbocycles. The summed E-state index contributed by atoms with van der Waals surface area (Å²) >= 11 is 0. The first-order valence-electron chi connectivity index (χ1n) is 6.10. The van der Waals surface area contributed by atoms with Crippen molar-refractivity contribution in [2.24, 2.45) is 0 Å². The molecule has 0 unspecified atom stereocenters. The standard InChI is InChI=1S/C14H16FN3O/c1-9(2)18-13(6-7-16-18)17-14(19)12-5-4-11(15)8-10(12)3/h4-9H,1-3H3,(H,17,19). The first-order valence-corrected chi connectivity index (χ1v) is 6.10. The van der Waals surface area contributed by atoms with Crippen LogP contribution in [0.4, 0.5) is 10.2 Å². The lowest BCUT2D eigenvalue weighted by Crippen LogP contribution is -2.17. The van der Waals surface area contributed by atoms with Crippen LogP contribution in [0.3, 0.4) is 0 Å². The van der Waals surface area contributed by atoms with E-state index in [1.54, 1.807) is 23.9 Å². The monoisotopic (exact) mass is 261 g/mol. The van der Waals surface area contributed by atoms with Crippen molar-refractivity contribution in [2.45, 2.75) is 26.8 Å². The predicted molar refractivity (Wildman–Crippen MR) is 71.7 cm³/mol. The first-order chi connectivity index (χ1) is 8.99. The SMILES string of the molecule is Cc1cc(F)ccc1C(=O)Nc1ccnn1C(C)C. The number of aryl methyl sites for hydroxylation is 1. The minimum Gasteiger partial charge on any atom is -0.307 e. The molecule has 1 heterocycles. The van der Waals surface area contributed by atoms with E-state index in [1.165, 1.54) is 18.2 Å². The van der Waals surface area contributed by atoms with E-state index in [0.29, 0.717) is 16.9 Å². The summed E-state index contributed by atoms with van der Waals surface area (Å²) in [5, 5.41) is 6.93. The molecule has 1 aromatic carbocycles. The lowest BCUT2D eigenvalue weighted by molar-refractivity contribution is 0.102. The Balaban J connectivity index is 2.23. The first kappa shape index (κ1) is 13.3. The molecule has 0 aliphatic heterocycles. The van der Waals surface area contributed by atoms with E-state index in [2.05, 4.69) is 10.4 Å². The molecular formula is C14H16FN3O. The summed E-state index contributed by atoms with van der Waals surface area (Å²) in [5.41, 5.74) is 1.06. The minimum absolute atomic E-state index is 0.152. The largest absolute Gasteiger partial charge is 0.307 e. The Morgan fingerprint density at radius 1 is 1.37 bits per heavy atom. The zero-order valence-electron chi connectivity index (χ0n) is 11.1. The number of amides is 1. The molecule has 2 aromatic rings. The topological polar surface area (TPSA) is 46.9 Å². The normalized spacial score (nSPS) is 10.8. The second kappa shape index (κ2) is 5.22. The molecule has 0 atom stereocenters. The number of carbonyl (C=O) groups excluding carboxylic acids is 1. The second-order valence-electron chi connectivity index (χ2n) is 4.67. The van der Waals surface area contributed by atoms with Gasteiger partial charge in [-0.05, 0) is 44.5 Å². The molecule has 0 fully saturated rings. The van der Waals surface area contributed by atoms with Crippen molar-refractivity contribution in [3.05, 3.63) is 47.4 Å². The number of anilines is 1. The predicted octanol–water partition coefficient (Wildman–Crippen LogP) is 3.16. The van der Waals surface area contributed by atoms with Crippen molar-refractivity contribution in [2.75, 3.05) is 5.32 Å². The highest BCUT2D eigenvalue weighted by Gasteiger charge is 2.13. The van der Waals surface area contributed by atoms with Gasteiger partial charge in [-0.1, -0.05) is 0 Å². The summed E-state index contributed by atoms with van der Waals surface area (Å²) in [6.45, 7) is 5.66. The number of nitrogens with one attached hydrogen (secondary N) is 1. The Morgan fingerprint density at radius 3 is 2.74 bits per heavy atom. The molecule has 1 amide bonds. The fraction of sp³-hybridized carbons (Fsp3) is 0.286. The van der Waals surface area contributed by atoms with E-state index in [4.69, 9.17) is 0 Å². The van der Waals surface area contributed by atoms with Crippen LogP contribution in [0.2, 0.25) is 0 Å². The van der Waals surface area contributed by atoms with E-state index in [1.807, 2.05) is 13.8 Å². The van der Waals surface area contributed by atoms with Crippen LogP contribution in [0.1, 0.15) is 35.8 Å². The third-order valence-corrected chi connectivity index (χ3v) is 2.83. The molecule has 4 nitrogen and oxygen atoms in total. The van der Waals surface area contributed by atoms with Gasteiger partial charge in [-0.2, -0.15) is 5.10 Å². The maximum Gasteiger partial charge on any atom is 0.257 e. The quantitative estimate of drug-likeness (QED) is 0.922. The van der Waals surface area contributed by atoms with Crippen molar-refractivity contribution in [3.63, 3.8) is 0 Å². The molecule has 100 valence electrons. The Bertz CT molecular complexity index is 604. The fourth-order valence-corrected chi connectivity index (χ4v) is 1.89. The molecule has 0 bridgehead atoms. The number of carbonyl (C=O) groups is 1. The molecule has 0 aliphatic carbocycles. The van der Waals surface area contributed by atoms with Gasteiger partial charge < -0.3 is 5.32 Å². The summed E-state index contributed by atoms with van der Waals surface area (Å²) in [5.74, 6) is 0.0184. The van der Waals surface area contributed by atoms with Crippen LogP contribution in [-0.2, 0) is 0 Å². The maximum absolute atomic E-state index is 13.0. The minimum atomic E-state index is -0.346. The third-order valence-electron chi connectivity index (χ3n) is 2.83. The number of aromatic nitrogens is 2. The van der Waals surface area contributed by atoms with Gasteiger partial charge in [0.2, 0.25) is 0 Å². The lowest BCUT2D eigenvalue weighted by Gasteiger charge is -2.12. The van der Waals surface area contributed by atoms with Crippen molar-refractivity contribution in [3.8, 4) is 0 Å². The van der Waals surface area contributed by atoms with Gasteiger partial charge in [0, 0.05) is 17.7 Å². The molecule has 0 saturated heterocycles. The number of hydrogen-bond donors (Lipinski definition) is 1. The maximum atomic E-state index is 13.0. The van der Waals surface area contributed by atoms with Gasteiger partial charge in [0.15, 0.2) is 0 Å². The second-order valence-corrected chi connectivity index (χ2v) is 4.67. The van der Waals surface area contributed by atoms with Crippen molar-refractivity contribution >= 4 is 11.7 Å². The Morgan fingerprint density at radius 2 is 2.11 bits per heavy atom. The smallest absolute Gasteiger partial charge is 0.257 e. The third kappa shape index (κ3) is 2.81. The molecule has 0 aliphatic rings. The van der Waals surface area contributed by atoms with Gasteiger partial charge in [0.05, 0.1) is 6.20 Å². The molecular weight excluding hydrogens is 245 g/mol. The fourth-order valence-electron chi connectivity index (χ4n) is 1.89. The van der Waals surface area contributed by atoms with Crippen molar-refractivity contribution < 1.29 is 9.18 Å². The van der Waals surface area contributed by atoms with Crippen LogP contribution in [-0.4, -0.2) is 15.7 Å². The zero-order valence-corrected chi connectivity index (χ0v) is 11.1. The number of halogens is 1. The summed E-state index contributed by atoms with van der Waals surface area (Å²) in [6, 6.07) is 5.99. The average molecular weight is 261 g/mol. The highest BCUT2D eigenvalue weighted by molar-refractivity contribution is 6.04. The Kier molecular flexibility index (Phi) is 3.64. The summed E-state index contributed by atoms with van der Waals surface area (Å²) in [7, 11) is 0. The highest BCUT2D eigenvalue weighted by Crippen LogP contribution is 2.16. The van der Waals surface area contributed by atoms with E-state index >= 15 is 0 Å². The number of rotatable bonds is 3. The molecule has 0 spiro atoms.